The predicted molar refractivity (Wildman–Crippen MR) is 45.5 cm³/mol. The first-order chi connectivity index (χ1) is 5.46. The average molecular weight is 171 g/mol. The molecule has 1 rings (SSSR count). The van der Waals surface area contributed by atoms with Gasteiger partial charge in [0, 0.05) is 0 Å². The Morgan fingerprint density at radius 1 is 1.58 bits per heavy atom. The highest BCUT2D eigenvalue weighted by Crippen LogP contribution is 2.13. The zero-order chi connectivity index (χ0) is 9.46. The number of nitrogens with zero attached hydrogens (tertiary/aromatic N) is 2. The summed E-state index contributed by atoms with van der Waals surface area (Å²) in [6, 6.07) is 0.530. The van der Waals surface area contributed by atoms with Gasteiger partial charge in [-0.3, -0.25) is 9.48 Å². The van der Waals surface area contributed by atoms with Crippen LogP contribution in [-0.4, -0.2) is 52.6 Å². The molecule has 0 amide bonds. The van der Waals surface area contributed by atoms with Crippen molar-refractivity contribution in [1.82, 2.24) is 4.90 Å². The fourth-order valence-electron chi connectivity index (χ4n) is 1.58. The van der Waals surface area contributed by atoms with Crippen LogP contribution in [0.2, 0.25) is 0 Å². The minimum atomic E-state index is -0.851. The van der Waals surface area contributed by atoms with E-state index in [4.69, 9.17) is 5.11 Å². The molecule has 0 bridgehead atoms. The van der Waals surface area contributed by atoms with Gasteiger partial charge < -0.3 is 5.11 Å². The van der Waals surface area contributed by atoms with Crippen LogP contribution in [0.25, 0.3) is 0 Å². The van der Waals surface area contributed by atoms with Crippen molar-refractivity contribution in [3.8, 4) is 0 Å². The van der Waals surface area contributed by atoms with Crippen LogP contribution in [-0.2, 0) is 4.79 Å². The molecule has 0 fully saturated rings. The summed E-state index contributed by atoms with van der Waals surface area (Å²) in [5.74, 6) is -0.466. The first-order valence-corrected chi connectivity index (χ1v) is 4.02. The van der Waals surface area contributed by atoms with E-state index in [0.29, 0.717) is 5.84 Å². The Kier molecular flexibility index (Phi) is 2.08. The highest BCUT2D eigenvalue weighted by Gasteiger charge is 2.42. The van der Waals surface area contributed by atoms with Crippen LogP contribution in [0.1, 0.15) is 13.8 Å². The molecule has 0 aromatic rings. The Morgan fingerprint density at radius 3 is 2.25 bits per heavy atom. The van der Waals surface area contributed by atoms with Gasteiger partial charge in [-0.2, -0.15) is 0 Å². The molecule has 1 heterocycles. The number of hydrogen-bond donors (Lipinski definition) is 1. The molecule has 1 aliphatic heterocycles. The van der Waals surface area contributed by atoms with Gasteiger partial charge in [0.25, 0.3) is 0 Å². The van der Waals surface area contributed by atoms with Gasteiger partial charge in [0.15, 0.2) is 0 Å². The second-order valence-corrected chi connectivity index (χ2v) is 3.33. The minimum absolute atomic E-state index is 0.265. The summed E-state index contributed by atoms with van der Waals surface area (Å²) in [6.07, 6.45) is 0. The van der Waals surface area contributed by atoms with Crippen LogP contribution < -0.4 is 0 Å². The quantitative estimate of drug-likeness (QED) is 0.557. The smallest absolute Gasteiger partial charge is 0.418 e. The number of carbonyl (C=O) groups is 1. The molecule has 1 aliphatic rings. The number of likely N-dealkylation sites (N-methyl/N-ethyl adjacent to an activating group) is 2. The van der Waals surface area contributed by atoms with Crippen molar-refractivity contribution in [3.05, 3.63) is 0 Å². The summed E-state index contributed by atoms with van der Waals surface area (Å²) in [5.41, 5.74) is 0. The zero-order valence-corrected chi connectivity index (χ0v) is 7.90. The molecule has 0 saturated carbocycles. The molecule has 2 unspecified atom stereocenters. The maximum Gasteiger partial charge on any atom is 0.418 e. The predicted octanol–water partition coefficient (Wildman–Crippen LogP) is -0.166. The van der Waals surface area contributed by atoms with Gasteiger partial charge in [-0.25, -0.2) is 4.79 Å². The summed E-state index contributed by atoms with van der Waals surface area (Å²) in [4.78, 5) is 12.6. The third-order valence-corrected chi connectivity index (χ3v) is 2.78. The first-order valence-electron chi connectivity index (χ1n) is 4.02. The molecular formula is C8H15N2O2+. The first kappa shape index (κ1) is 9.03. The summed E-state index contributed by atoms with van der Waals surface area (Å²) in [7, 11) is 3.63. The van der Waals surface area contributed by atoms with E-state index in [2.05, 4.69) is 0 Å². The van der Waals surface area contributed by atoms with Gasteiger partial charge >= 0.3 is 11.8 Å². The van der Waals surface area contributed by atoms with E-state index < -0.39 is 5.97 Å². The van der Waals surface area contributed by atoms with E-state index in [1.807, 2.05) is 27.9 Å². The lowest BCUT2D eigenvalue weighted by molar-refractivity contribution is -0.526. The molecule has 12 heavy (non-hydrogen) atoms. The molecule has 4 heteroatoms. The third kappa shape index (κ3) is 1.07. The number of amidine groups is 1. The largest absolute Gasteiger partial charge is 0.472 e. The fraction of sp³-hybridized carbons (Fsp3) is 0.750. The van der Waals surface area contributed by atoms with Crippen LogP contribution in [0, 0.1) is 0 Å². The van der Waals surface area contributed by atoms with Gasteiger partial charge in [-0.05, 0) is 13.8 Å². The summed E-state index contributed by atoms with van der Waals surface area (Å²) >= 11 is 0. The van der Waals surface area contributed by atoms with Gasteiger partial charge in [0.2, 0.25) is 0 Å². The highest BCUT2D eigenvalue weighted by molar-refractivity contribution is 6.32. The van der Waals surface area contributed by atoms with Crippen LogP contribution in [0.4, 0.5) is 0 Å². The normalized spacial score (nSPS) is 29.8. The molecule has 0 spiro atoms. The topological polar surface area (TPSA) is 43.6 Å². The van der Waals surface area contributed by atoms with Gasteiger partial charge in [0.05, 0.1) is 14.1 Å². The van der Waals surface area contributed by atoms with Crippen molar-refractivity contribution >= 4 is 11.8 Å². The van der Waals surface area contributed by atoms with Gasteiger partial charge in [-0.1, -0.05) is 0 Å². The molecule has 1 N–H and O–H groups in total. The third-order valence-electron chi connectivity index (χ3n) is 2.78. The van der Waals surface area contributed by atoms with E-state index in [-0.39, 0.29) is 12.1 Å². The van der Waals surface area contributed by atoms with Gasteiger partial charge in [-0.15, -0.1) is 0 Å². The molecule has 0 aromatic heterocycles. The lowest BCUT2D eigenvalue weighted by Crippen LogP contribution is -2.36. The Labute approximate surface area is 72.1 Å². The van der Waals surface area contributed by atoms with E-state index >= 15 is 0 Å². The van der Waals surface area contributed by atoms with Gasteiger partial charge in [0.1, 0.15) is 12.1 Å². The summed E-state index contributed by atoms with van der Waals surface area (Å²) in [6.45, 7) is 4.05. The minimum Gasteiger partial charge on any atom is -0.472 e. The zero-order valence-electron chi connectivity index (χ0n) is 7.90. The Balaban J connectivity index is 3.04. The van der Waals surface area contributed by atoms with E-state index in [0.717, 1.165) is 0 Å². The number of carboxylic acids is 1. The maximum atomic E-state index is 10.8. The lowest BCUT2D eigenvalue weighted by atomic mass is 10.2. The molecule has 0 aliphatic carbocycles. The summed E-state index contributed by atoms with van der Waals surface area (Å²) in [5, 5.41) is 8.87. The van der Waals surface area contributed by atoms with Crippen molar-refractivity contribution in [1.29, 1.82) is 0 Å². The summed E-state index contributed by atoms with van der Waals surface area (Å²) < 4.78 is 1.80. The number of rotatable bonds is 1. The average Bonchev–Trinajstić information content (AvgIpc) is 2.16. The molecule has 2 atom stereocenters. The number of aliphatic carboxylic acids is 1. The van der Waals surface area contributed by atoms with Crippen molar-refractivity contribution in [3.63, 3.8) is 0 Å². The Hall–Kier alpha value is -1.06. The van der Waals surface area contributed by atoms with E-state index in [9.17, 15) is 4.79 Å². The van der Waals surface area contributed by atoms with Crippen molar-refractivity contribution < 1.29 is 14.5 Å². The SMILES string of the molecule is CC1C(C)[N+](C)=C(C(=O)O)N1C. The van der Waals surface area contributed by atoms with Crippen molar-refractivity contribution in [2.45, 2.75) is 25.9 Å². The second kappa shape index (κ2) is 2.77. The van der Waals surface area contributed by atoms with Crippen molar-refractivity contribution in [2.75, 3.05) is 14.1 Å². The van der Waals surface area contributed by atoms with Crippen LogP contribution in [0.15, 0.2) is 0 Å². The Bertz CT molecular complexity index is 247. The van der Waals surface area contributed by atoms with Crippen LogP contribution >= 0.6 is 0 Å². The van der Waals surface area contributed by atoms with Crippen LogP contribution in [0.3, 0.4) is 0 Å². The lowest BCUT2D eigenvalue weighted by Gasteiger charge is -2.11. The maximum absolute atomic E-state index is 10.8. The number of hydrogen-bond acceptors (Lipinski definition) is 2. The highest BCUT2D eigenvalue weighted by atomic mass is 16.4. The molecule has 0 aromatic carbocycles. The van der Waals surface area contributed by atoms with E-state index in [1.54, 1.807) is 9.48 Å². The molecular weight excluding hydrogens is 156 g/mol. The number of carboxylic acid groups (broad SMARTS) is 1. The molecule has 4 nitrogen and oxygen atoms in total. The molecule has 0 radical (unpaired) electrons. The standard InChI is InChI=1S/C8H14N2O2/c1-5-6(2)10(4)7(8(11)12)9(5)3/h5-6H,1-4H3/p+1. The molecule has 0 saturated heterocycles. The monoisotopic (exact) mass is 171 g/mol. The Morgan fingerprint density at radius 2 is 2.08 bits per heavy atom. The fourth-order valence-corrected chi connectivity index (χ4v) is 1.58. The van der Waals surface area contributed by atoms with E-state index in [1.165, 1.54) is 0 Å². The second-order valence-electron chi connectivity index (χ2n) is 3.33. The van der Waals surface area contributed by atoms with Crippen molar-refractivity contribution in [2.24, 2.45) is 0 Å². The molecule has 68 valence electrons. The van der Waals surface area contributed by atoms with Crippen LogP contribution in [0.5, 0.6) is 0 Å².